The highest BCUT2D eigenvalue weighted by Crippen LogP contribution is 2.40. The highest BCUT2D eigenvalue weighted by Gasteiger charge is 2.28. The molecule has 1 N–H and O–H groups in total. The third-order valence-corrected chi connectivity index (χ3v) is 6.81. The number of carbonyl (C=O) groups is 2. The fourth-order valence-corrected chi connectivity index (χ4v) is 5.49. The van der Waals surface area contributed by atoms with Crippen LogP contribution in [0.2, 0.25) is 0 Å². The zero-order valence-electron chi connectivity index (χ0n) is 14.2. The van der Waals surface area contributed by atoms with Crippen molar-refractivity contribution in [3.8, 4) is 5.06 Å². The SMILES string of the molecule is O=C(CSc1nnc2n1CCCCC2)Oc1sc2c(c1C(=O)O)CCC2. The number of aromatic nitrogens is 3. The van der Waals surface area contributed by atoms with Crippen LogP contribution in [-0.2, 0) is 30.6 Å². The Kier molecular flexibility index (Phi) is 4.99. The Morgan fingerprint density at radius 3 is 2.88 bits per heavy atom. The highest BCUT2D eigenvalue weighted by molar-refractivity contribution is 7.99. The minimum atomic E-state index is -1.03. The Hall–Kier alpha value is -1.87. The molecule has 0 fully saturated rings. The van der Waals surface area contributed by atoms with Crippen LogP contribution in [0.1, 0.15) is 52.3 Å². The molecule has 3 heterocycles. The van der Waals surface area contributed by atoms with Crippen molar-refractivity contribution in [2.75, 3.05) is 5.75 Å². The lowest BCUT2D eigenvalue weighted by Gasteiger charge is -2.06. The molecule has 0 amide bonds. The van der Waals surface area contributed by atoms with Crippen LogP contribution in [0.25, 0.3) is 0 Å². The van der Waals surface area contributed by atoms with Gasteiger partial charge < -0.3 is 14.4 Å². The van der Waals surface area contributed by atoms with Crippen molar-refractivity contribution in [3.05, 3.63) is 21.8 Å². The summed E-state index contributed by atoms with van der Waals surface area (Å²) < 4.78 is 7.47. The maximum Gasteiger partial charge on any atom is 0.340 e. The molecule has 0 spiro atoms. The van der Waals surface area contributed by atoms with Crippen molar-refractivity contribution in [2.45, 2.75) is 56.6 Å². The van der Waals surface area contributed by atoms with E-state index < -0.39 is 11.9 Å². The molecule has 1 aliphatic carbocycles. The van der Waals surface area contributed by atoms with E-state index in [0.717, 1.165) is 66.5 Å². The molecule has 1 aliphatic heterocycles. The molecule has 0 unspecified atom stereocenters. The Morgan fingerprint density at radius 1 is 1.15 bits per heavy atom. The third kappa shape index (κ3) is 3.37. The first kappa shape index (κ1) is 17.5. The molecular weight excluding hydrogens is 374 g/mol. The van der Waals surface area contributed by atoms with Crippen LogP contribution in [0.4, 0.5) is 0 Å². The van der Waals surface area contributed by atoms with Gasteiger partial charge in [0.1, 0.15) is 11.4 Å². The van der Waals surface area contributed by atoms with Crippen molar-refractivity contribution < 1.29 is 19.4 Å². The Balaban J connectivity index is 1.43. The number of fused-ring (bicyclic) bond motifs is 2. The summed E-state index contributed by atoms with van der Waals surface area (Å²) in [7, 11) is 0. The molecule has 0 saturated heterocycles. The van der Waals surface area contributed by atoms with Crippen LogP contribution in [0.3, 0.4) is 0 Å². The number of carboxylic acid groups (broad SMARTS) is 1. The first-order valence-corrected chi connectivity index (χ1v) is 10.6. The molecular formula is C17H19N3O4S2. The molecule has 26 heavy (non-hydrogen) atoms. The van der Waals surface area contributed by atoms with Crippen LogP contribution in [-0.4, -0.2) is 37.6 Å². The van der Waals surface area contributed by atoms with E-state index in [4.69, 9.17) is 4.74 Å². The van der Waals surface area contributed by atoms with E-state index in [9.17, 15) is 14.7 Å². The van der Waals surface area contributed by atoms with Crippen LogP contribution in [0.15, 0.2) is 5.16 Å². The van der Waals surface area contributed by atoms with Crippen molar-refractivity contribution in [1.29, 1.82) is 0 Å². The minimum Gasteiger partial charge on any atom is -0.478 e. The van der Waals surface area contributed by atoms with Crippen molar-refractivity contribution in [3.63, 3.8) is 0 Å². The van der Waals surface area contributed by atoms with Gasteiger partial charge in [0.25, 0.3) is 0 Å². The molecule has 4 rings (SSSR count). The van der Waals surface area contributed by atoms with Gasteiger partial charge in [0, 0.05) is 17.8 Å². The monoisotopic (exact) mass is 393 g/mol. The fourth-order valence-electron chi connectivity index (χ4n) is 3.49. The lowest BCUT2D eigenvalue weighted by molar-refractivity contribution is -0.131. The van der Waals surface area contributed by atoms with E-state index in [2.05, 4.69) is 14.8 Å². The largest absolute Gasteiger partial charge is 0.478 e. The number of carbonyl (C=O) groups excluding carboxylic acids is 1. The normalized spacial score (nSPS) is 16.0. The smallest absolute Gasteiger partial charge is 0.340 e. The average molecular weight is 393 g/mol. The van der Waals surface area contributed by atoms with Gasteiger partial charge in [0.15, 0.2) is 10.2 Å². The van der Waals surface area contributed by atoms with Gasteiger partial charge in [-0.1, -0.05) is 18.2 Å². The van der Waals surface area contributed by atoms with E-state index in [1.165, 1.54) is 29.5 Å². The number of hydrogen-bond donors (Lipinski definition) is 1. The highest BCUT2D eigenvalue weighted by atomic mass is 32.2. The molecule has 0 atom stereocenters. The van der Waals surface area contributed by atoms with Gasteiger partial charge >= 0.3 is 11.9 Å². The summed E-state index contributed by atoms with van der Waals surface area (Å²) in [5.41, 5.74) is 0.998. The van der Waals surface area contributed by atoms with E-state index in [1.807, 2.05) is 0 Å². The molecule has 7 nitrogen and oxygen atoms in total. The summed E-state index contributed by atoms with van der Waals surface area (Å²) in [5, 5.41) is 18.8. The summed E-state index contributed by atoms with van der Waals surface area (Å²) in [6, 6.07) is 0. The number of carboxylic acids is 1. The summed E-state index contributed by atoms with van der Waals surface area (Å²) in [6.45, 7) is 0.876. The number of aromatic carboxylic acids is 1. The molecule has 138 valence electrons. The number of hydrogen-bond acceptors (Lipinski definition) is 7. The molecule has 0 saturated carbocycles. The fraction of sp³-hybridized carbons (Fsp3) is 0.529. The minimum absolute atomic E-state index is 0.0831. The van der Waals surface area contributed by atoms with Crippen LogP contribution < -0.4 is 4.74 Å². The molecule has 9 heteroatoms. The second-order valence-electron chi connectivity index (χ2n) is 6.45. The lowest BCUT2D eigenvalue weighted by Crippen LogP contribution is -2.13. The van der Waals surface area contributed by atoms with Gasteiger partial charge in [0.05, 0.1) is 5.75 Å². The van der Waals surface area contributed by atoms with E-state index in [-0.39, 0.29) is 16.4 Å². The topological polar surface area (TPSA) is 94.3 Å². The second-order valence-corrected chi connectivity index (χ2v) is 8.46. The van der Waals surface area contributed by atoms with Crippen molar-refractivity contribution >= 4 is 35.0 Å². The Bertz CT molecular complexity index is 859. The molecule has 0 bridgehead atoms. The molecule has 2 aromatic rings. The number of esters is 1. The zero-order valence-corrected chi connectivity index (χ0v) is 15.8. The molecule has 0 radical (unpaired) electrons. The van der Waals surface area contributed by atoms with Gasteiger partial charge in [-0.3, -0.25) is 4.79 Å². The Labute approximate surface area is 158 Å². The van der Waals surface area contributed by atoms with Gasteiger partial charge in [-0.25, -0.2) is 4.79 Å². The maximum absolute atomic E-state index is 12.3. The molecule has 2 aliphatic rings. The predicted molar refractivity (Wildman–Crippen MR) is 97.2 cm³/mol. The number of nitrogens with zero attached hydrogens (tertiary/aromatic N) is 3. The van der Waals surface area contributed by atoms with E-state index >= 15 is 0 Å². The number of ether oxygens (including phenoxy) is 1. The zero-order chi connectivity index (χ0) is 18.1. The van der Waals surface area contributed by atoms with E-state index in [0.29, 0.717) is 0 Å². The standard InChI is InChI=1S/C17H19N3O4S2/c21-13(9-25-17-19-18-12-7-2-1-3-8-20(12)17)24-16-14(15(22)23)10-5-4-6-11(10)26-16/h1-9H2,(H,22,23). The maximum atomic E-state index is 12.3. The summed E-state index contributed by atoms with van der Waals surface area (Å²) in [5.74, 6) is -0.424. The predicted octanol–water partition coefficient (Wildman–Crippen LogP) is 2.95. The number of thiophene rings is 1. The van der Waals surface area contributed by atoms with Crippen molar-refractivity contribution in [2.24, 2.45) is 0 Å². The van der Waals surface area contributed by atoms with Gasteiger partial charge in [-0.05, 0) is 37.7 Å². The molecule has 2 aromatic heterocycles. The Morgan fingerprint density at radius 2 is 2.04 bits per heavy atom. The number of aryl methyl sites for hydroxylation is 2. The quantitative estimate of drug-likeness (QED) is 0.616. The van der Waals surface area contributed by atoms with Crippen LogP contribution in [0, 0.1) is 0 Å². The van der Waals surface area contributed by atoms with Crippen LogP contribution >= 0.6 is 23.1 Å². The number of rotatable bonds is 5. The first-order chi connectivity index (χ1) is 12.6. The van der Waals surface area contributed by atoms with E-state index in [1.54, 1.807) is 0 Å². The number of thioether (sulfide) groups is 1. The summed E-state index contributed by atoms with van der Waals surface area (Å²) in [6.07, 6.45) is 6.86. The third-order valence-electron chi connectivity index (χ3n) is 4.70. The van der Waals surface area contributed by atoms with Crippen LogP contribution in [0.5, 0.6) is 5.06 Å². The second kappa shape index (κ2) is 7.40. The van der Waals surface area contributed by atoms with Gasteiger partial charge in [-0.2, -0.15) is 0 Å². The van der Waals surface area contributed by atoms with Gasteiger partial charge in [0.2, 0.25) is 0 Å². The average Bonchev–Trinajstić information content (AvgIpc) is 3.23. The lowest BCUT2D eigenvalue weighted by atomic mass is 10.1. The summed E-state index contributed by atoms with van der Waals surface area (Å²) in [4.78, 5) is 24.8. The van der Waals surface area contributed by atoms with Crippen molar-refractivity contribution in [1.82, 2.24) is 14.8 Å². The molecule has 0 aromatic carbocycles. The summed E-state index contributed by atoms with van der Waals surface area (Å²) >= 11 is 2.58. The van der Waals surface area contributed by atoms with Gasteiger partial charge in [-0.15, -0.1) is 21.5 Å². The first-order valence-electron chi connectivity index (χ1n) is 8.77.